The third-order valence-electron chi connectivity index (χ3n) is 4.64. The number of carbonyl (C=O) groups excluding carboxylic acids is 1. The van der Waals surface area contributed by atoms with Crippen LogP contribution in [0.2, 0.25) is 0 Å². The van der Waals surface area contributed by atoms with Crippen LogP contribution in [0.5, 0.6) is 0 Å². The van der Waals surface area contributed by atoms with Crippen LogP contribution < -0.4 is 4.90 Å². The summed E-state index contributed by atoms with van der Waals surface area (Å²) in [5, 5.41) is 0. The van der Waals surface area contributed by atoms with Crippen molar-refractivity contribution in [2.75, 3.05) is 18.0 Å². The number of ketones is 1. The molecule has 0 N–H and O–H groups in total. The van der Waals surface area contributed by atoms with Gasteiger partial charge in [-0.05, 0) is 55.2 Å². The van der Waals surface area contributed by atoms with Gasteiger partial charge in [0.15, 0.2) is 5.78 Å². The molecule has 1 aliphatic rings. The van der Waals surface area contributed by atoms with Crippen molar-refractivity contribution in [3.05, 3.63) is 65.5 Å². The monoisotopic (exact) mass is 311 g/mol. The van der Waals surface area contributed by atoms with Crippen molar-refractivity contribution in [3.8, 4) is 0 Å². The van der Waals surface area contributed by atoms with Crippen molar-refractivity contribution in [2.24, 2.45) is 0 Å². The van der Waals surface area contributed by atoms with Crippen molar-refractivity contribution >= 4 is 11.5 Å². The molecule has 0 bridgehead atoms. The summed E-state index contributed by atoms with van der Waals surface area (Å²) >= 11 is 0. The van der Waals surface area contributed by atoms with Crippen LogP contribution in [0.1, 0.15) is 48.0 Å². The molecule has 2 aromatic carbocycles. The van der Waals surface area contributed by atoms with Crippen LogP contribution in [-0.2, 0) is 0 Å². The molecule has 0 aromatic heterocycles. The zero-order valence-electron chi connectivity index (χ0n) is 13.5. The Bertz CT molecular complexity index is 674. The van der Waals surface area contributed by atoms with Gasteiger partial charge in [0.1, 0.15) is 5.82 Å². The van der Waals surface area contributed by atoms with Gasteiger partial charge in [-0.1, -0.05) is 25.1 Å². The first-order chi connectivity index (χ1) is 11.2. The van der Waals surface area contributed by atoms with E-state index in [1.54, 1.807) is 25.1 Å². The lowest BCUT2D eigenvalue weighted by molar-refractivity contribution is 0.0964. The molecule has 1 atom stereocenters. The Morgan fingerprint density at radius 3 is 2.30 bits per heavy atom. The van der Waals surface area contributed by atoms with E-state index in [1.807, 2.05) is 24.3 Å². The largest absolute Gasteiger partial charge is 0.372 e. The second-order valence-corrected chi connectivity index (χ2v) is 6.20. The average Bonchev–Trinajstić information content (AvgIpc) is 2.62. The second kappa shape index (κ2) is 6.95. The van der Waals surface area contributed by atoms with Crippen molar-refractivity contribution in [1.29, 1.82) is 0 Å². The van der Waals surface area contributed by atoms with Crippen LogP contribution in [0.4, 0.5) is 10.1 Å². The highest BCUT2D eigenvalue weighted by Crippen LogP contribution is 2.25. The highest BCUT2D eigenvalue weighted by atomic mass is 19.1. The molecule has 3 rings (SSSR count). The number of anilines is 1. The summed E-state index contributed by atoms with van der Waals surface area (Å²) in [7, 11) is 0. The third-order valence-corrected chi connectivity index (χ3v) is 4.64. The minimum absolute atomic E-state index is 0.0414. The van der Waals surface area contributed by atoms with Crippen LogP contribution >= 0.6 is 0 Å². The summed E-state index contributed by atoms with van der Waals surface area (Å²) < 4.78 is 13.9. The Labute approximate surface area is 136 Å². The lowest BCUT2D eigenvalue weighted by Gasteiger charge is -2.28. The van der Waals surface area contributed by atoms with E-state index >= 15 is 0 Å². The highest BCUT2D eigenvalue weighted by molar-refractivity contribution is 6.01. The molecular weight excluding hydrogens is 289 g/mol. The number of hydrogen-bond acceptors (Lipinski definition) is 2. The van der Waals surface area contributed by atoms with Gasteiger partial charge in [0.25, 0.3) is 0 Å². The Morgan fingerprint density at radius 1 is 1.00 bits per heavy atom. The number of halogens is 1. The maximum absolute atomic E-state index is 13.9. The van der Waals surface area contributed by atoms with E-state index < -0.39 is 5.92 Å². The molecule has 1 saturated heterocycles. The fraction of sp³-hybridized carbons (Fsp3) is 0.350. The molecule has 1 heterocycles. The first-order valence-electron chi connectivity index (χ1n) is 8.30. The van der Waals surface area contributed by atoms with Crippen molar-refractivity contribution < 1.29 is 9.18 Å². The second-order valence-electron chi connectivity index (χ2n) is 6.20. The summed E-state index contributed by atoms with van der Waals surface area (Å²) in [5.74, 6) is -0.837. The molecule has 0 spiro atoms. The third kappa shape index (κ3) is 3.44. The Morgan fingerprint density at radius 2 is 1.65 bits per heavy atom. The van der Waals surface area contributed by atoms with Crippen LogP contribution in [0.3, 0.4) is 0 Å². The molecule has 1 aliphatic heterocycles. The summed E-state index contributed by atoms with van der Waals surface area (Å²) in [4.78, 5) is 15.0. The molecule has 23 heavy (non-hydrogen) atoms. The minimum Gasteiger partial charge on any atom is -0.372 e. The lowest BCUT2D eigenvalue weighted by atomic mass is 9.92. The predicted octanol–water partition coefficient (Wildman–Crippen LogP) is 4.80. The molecule has 120 valence electrons. The number of nitrogens with zero attached hydrogens (tertiary/aromatic N) is 1. The fourth-order valence-corrected chi connectivity index (χ4v) is 3.21. The van der Waals surface area contributed by atoms with Crippen LogP contribution in [-0.4, -0.2) is 18.9 Å². The van der Waals surface area contributed by atoms with Gasteiger partial charge < -0.3 is 4.90 Å². The molecular formula is C20H22FNO. The minimum atomic E-state index is -0.475. The molecule has 0 saturated carbocycles. The van der Waals surface area contributed by atoms with E-state index in [0.29, 0.717) is 11.1 Å². The van der Waals surface area contributed by atoms with E-state index in [0.717, 1.165) is 13.1 Å². The van der Waals surface area contributed by atoms with Gasteiger partial charge in [0.05, 0.1) is 0 Å². The van der Waals surface area contributed by atoms with Gasteiger partial charge in [0, 0.05) is 30.3 Å². The van der Waals surface area contributed by atoms with E-state index in [9.17, 15) is 9.18 Å². The average molecular weight is 311 g/mol. The maximum atomic E-state index is 13.9. The molecule has 0 radical (unpaired) electrons. The maximum Gasteiger partial charge on any atom is 0.170 e. The Kier molecular flexibility index (Phi) is 4.75. The fourth-order valence-electron chi connectivity index (χ4n) is 3.21. The van der Waals surface area contributed by atoms with Crippen molar-refractivity contribution in [3.63, 3.8) is 0 Å². The van der Waals surface area contributed by atoms with Gasteiger partial charge in [-0.15, -0.1) is 0 Å². The zero-order valence-corrected chi connectivity index (χ0v) is 13.5. The van der Waals surface area contributed by atoms with E-state index in [2.05, 4.69) is 4.90 Å². The van der Waals surface area contributed by atoms with Crippen LogP contribution in [0.15, 0.2) is 48.5 Å². The molecule has 3 heteroatoms. The number of Topliss-reactive ketones (excluding diaryl/α,β-unsaturated/α-hetero) is 1. The van der Waals surface area contributed by atoms with Crippen molar-refractivity contribution in [2.45, 2.75) is 32.1 Å². The van der Waals surface area contributed by atoms with Gasteiger partial charge in [-0.3, -0.25) is 4.79 Å². The molecule has 1 fully saturated rings. The molecule has 0 aliphatic carbocycles. The van der Waals surface area contributed by atoms with E-state index in [4.69, 9.17) is 0 Å². The summed E-state index contributed by atoms with van der Waals surface area (Å²) in [6, 6.07) is 14.2. The summed E-state index contributed by atoms with van der Waals surface area (Å²) in [6.45, 7) is 3.93. The normalized spacial score (nSPS) is 16.2. The Hall–Kier alpha value is -2.16. The van der Waals surface area contributed by atoms with Crippen LogP contribution in [0.25, 0.3) is 0 Å². The predicted molar refractivity (Wildman–Crippen MR) is 91.7 cm³/mol. The first kappa shape index (κ1) is 15.7. The number of piperidine rings is 1. The zero-order chi connectivity index (χ0) is 16.2. The first-order valence-corrected chi connectivity index (χ1v) is 8.30. The highest BCUT2D eigenvalue weighted by Gasteiger charge is 2.20. The molecule has 0 unspecified atom stereocenters. The number of hydrogen-bond donors (Lipinski definition) is 0. The molecule has 2 nitrogen and oxygen atoms in total. The van der Waals surface area contributed by atoms with Crippen molar-refractivity contribution in [1.82, 2.24) is 0 Å². The molecule has 2 aromatic rings. The van der Waals surface area contributed by atoms with Gasteiger partial charge in [-0.2, -0.15) is 0 Å². The van der Waals surface area contributed by atoms with E-state index in [-0.39, 0.29) is 11.6 Å². The summed E-state index contributed by atoms with van der Waals surface area (Å²) in [6.07, 6.45) is 3.75. The number of rotatable bonds is 4. The SMILES string of the molecule is C[C@H](C(=O)c1ccc(N2CCCCC2)cc1)c1ccccc1F. The topological polar surface area (TPSA) is 20.3 Å². The smallest absolute Gasteiger partial charge is 0.170 e. The lowest BCUT2D eigenvalue weighted by Crippen LogP contribution is -2.29. The van der Waals surface area contributed by atoms with Gasteiger partial charge >= 0.3 is 0 Å². The summed E-state index contributed by atoms with van der Waals surface area (Å²) in [5.41, 5.74) is 2.26. The quantitative estimate of drug-likeness (QED) is 0.756. The van der Waals surface area contributed by atoms with E-state index in [1.165, 1.54) is 31.0 Å². The number of carbonyl (C=O) groups is 1. The standard InChI is InChI=1S/C20H22FNO/c1-15(18-7-3-4-8-19(18)21)20(23)16-9-11-17(12-10-16)22-13-5-2-6-14-22/h3-4,7-12,15H,2,5-6,13-14H2,1H3/t15-/m0/s1. The Balaban J connectivity index is 1.76. The number of benzene rings is 2. The van der Waals surface area contributed by atoms with Gasteiger partial charge in [-0.25, -0.2) is 4.39 Å². The van der Waals surface area contributed by atoms with Gasteiger partial charge in [0.2, 0.25) is 0 Å². The van der Waals surface area contributed by atoms with Crippen LogP contribution in [0, 0.1) is 5.82 Å². The molecule has 0 amide bonds.